The molecule has 0 saturated carbocycles. The summed E-state index contributed by atoms with van der Waals surface area (Å²) in [6, 6.07) is -0.416. The van der Waals surface area contributed by atoms with Crippen molar-refractivity contribution in [2.45, 2.75) is 63.3 Å². The monoisotopic (exact) mass is 310 g/mol. The second-order valence-corrected chi connectivity index (χ2v) is 8.27. The van der Waals surface area contributed by atoms with Gasteiger partial charge in [-0.25, -0.2) is 0 Å². The van der Waals surface area contributed by atoms with Crippen molar-refractivity contribution in [1.82, 2.24) is 9.80 Å². The molecule has 4 nitrogen and oxygen atoms in total. The van der Waals surface area contributed by atoms with Crippen molar-refractivity contribution in [2.24, 2.45) is 5.92 Å². The molecule has 3 saturated heterocycles. The highest BCUT2D eigenvalue weighted by molar-refractivity contribution is 8.00. The summed E-state index contributed by atoms with van der Waals surface area (Å²) in [7, 11) is 0. The molecule has 0 aliphatic carbocycles. The second kappa shape index (κ2) is 6.19. The molecule has 0 spiro atoms. The van der Waals surface area contributed by atoms with Crippen molar-refractivity contribution in [3.8, 4) is 0 Å². The largest absolute Gasteiger partial charge is 0.329 e. The van der Waals surface area contributed by atoms with Crippen LogP contribution in [0.25, 0.3) is 0 Å². The molecule has 0 aromatic heterocycles. The minimum absolute atomic E-state index is 0.173. The third kappa shape index (κ3) is 2.81. The lowest BCUT2D eigenvalue weighted by Gasteiger charge is -2.48. The number of thioether (sulfide) groups is 1. The second-order valence-electron chi connectivity index (χ2n) is 6.86. The number of fused-ring (bicyclic) bond motifs is 1. The summed E-state index contributed by atoms with van der Waals surface area (Å²) in [4.78, 5) is 29.6. The van der Waals surface area contributed by atoms with Gasteiger partial charge in [0, 0.05) is 18.3 Å². The van der Waals surface area contributed by atoms with Crippen LogP contribution in [0.1, 0.15) is 46.0 Å². The lowest BCUT2D eigenvalue weighted by Crippen LogP contribution is -2.67. The van der Waals surface area contributed by atoms with Crippen LogP contribution in [0.15, 0.2) is 0 Å². The van der Waals surface area contributed by atoms with Crippen LogP contribution in [0.3, 0.4) is 0 Å². The molecule has 0 aromatic rings. The predicted molar refractivity (Wildman–Crippen MR) is 85.2 cm³/mol. The van der Waals surface area contributed by atoms with Gasteiger partial charge in [0.25, 0.3) is 0 Å². The number of carbonyl (C=O) groups excluding carboxylic acids is 2. The van der Waals surface area contributed by atoms with Gasteiger partial charge in [-0.2, -0.15) is 11.8 Å². The van der Waals surface area contributed by atoms with Crippen LogP contribution in [0.2, 0.25) is 0 Å². The van der Waals surface area contributed by atoms with E-state index in [9.17, 15) is 9.59 Å². The molecule has 3 fully saturated rings. The Hall–Kier alpha value is -0.710. The van der Waals surface area contributed by atoms with Crippen molar-refractivity contribution < 1.29 is 9.59 Å². The van der Waals surface area contributed by atoms with Crippen LogP contribution in [0.4, 0.5) is 0 Å². The van der Waals surface area contributed by atoms with Crippen molar-refractivity contribution in [1.29, 1.82) is 0 Å². The fourth-order valence-electron chi connectivity index (χ4n) is 3.94. The van der Waals surface area contributed by atoms with E-state index in [2.05, 4.69) is 13.8 Å². The average Bonchev–Trinajstić information content (AvgIpc) is 2.97. The quantitative estimate of drug-likeness (QED) is 0.802. The Balaban J connectivity index is 1.83. The molecular formula is C16H26N2O2S. The van der Waals surface area contributed by atoms with Gasteiger partial charge in [-0.05, 0) is 43.8 Å². The normalized spacial score (nSPS) is 33.8. The smallest absolute Gasteiger partial charge is 0.246 e. The number of piperazine rings is 1. The molecular weight excluding hydrogens is 284 g/mol. The highest BCUT2D eigenvalue weighted by Crippen LogP contribution is 2.33. The van der Waals surface area contributed by atoms with Crippen LogP contribution in [0.5, 0.6) is 0 Å². The summed E-state index contributed by atoms with van der Waals surface area (Å²) in [5.41, 5.74) is 0. The molecule has 0 bridgehead atoms. The van der Waals surface area contributed by atoms with E-state index >= 15 is 0 Å². The summed E-state index contributed by atoms with van der Waals surface area (Å²) in [5, 5.41) is 0.526. The highest BCUT2D eigenvalue weighted by atomic mass is 32.2. The molecule has 3 atom stereocenters. The van der Waals surface area contributed by atoms with Gasteiger partial charge in [0.15, 0.2) is 0 Å². The van der Waals surface area contributed by atoms with E-state index in [4.69, 9.17) is 0 Å². The van der Waals surface area contributed by atoms with Crippen molar-refractivity contribution >= 4 is 23.6 Å². The minimum Gasteiger partial charge on any atom is -0.329 e. The SMILES string of the molecule is CC(C)C1C(=O)N2CCCCC2C(=O)N1CC1CCCS1. The predicted octanol–water partition coefficient (Wildman–Crippen LogP) is 2.13. The van der Waals surface area contributed by atoms with E-state index in [0.717, 1.165) is 32.4 Å². The van der Waals surface area contributed by atoms with Gasteiger partial charge in [0.2, 0.25) is 11.8 Å². The molecule has 3 rings (SSSR count). The molecule has 21 heavy (non-hydrogen) atoms. The van der Waals surface area contributed by atoms with Gasteiger partial charge >= 0.3 is 0 Å². The third-order valence-electron chi connectivity index (χ3n) is 5.00. The van der Waals surface area contributed by atoms with Crippen LogP contribution in [0, 0.1) is 5.92 Å². The van der Waals surface area contributed by atoms with Crippen LogP contribution >= 0.6 is 11.8 Å². The Morgan fingerprint density at radius 1 is 1.14 bits per heavy atom. The molecule has 3 aliphatic heterocycles. The number of nitrogens with zero attached hydrogens (tertiary/aromatic N) is 2. The van der Waals surface area contributed by atoms with E-state index in [1.54, 1.807) is 0 Å². The Labute approximate surface area is 131 Å². The third-order valence-corrected chi connectivity index (χ3v) is 6.38. The van der Waals surface area contributed by atoms with E-state index in [0.29, 0.717) is 5.25 Å². The molecule has 3 heterocycles. The van der Waals surface area contributed by atoms with Crippen LogP contribution in [-0.2, 0) is 9.59 Å². The Kier molecular flexibility index (Phi) is 4.48. The van der Waals surface area contributed by atoms with Crippen molar-refractivity contribution in [2.75, 3.05) is 18.8 Å². The van der Waals surface area contributed by atoms with Gasteiger partial charge in [0.1, 0.15) is 12.1 Å². The summed E-state index contributed by atoms with van der Waals surface area (Å²) < 4.78 is 0. The topological polar surface area (TPSA) is 40.6 Å². The number of hydrogen-bond donors (Lipinski definition) is 0. The van der Waals surface area contributed by atoms with E-state index < -0.39 is 0 Å². The summed E-state index contributed by atoms with van der Waals surface area (Å²) in [6.45, 7) is 5.66. The van der Waals surface area contributed by atoms with Gasteiger partial charge in [0.05, 0.1) is 0 Å². The maximum absolute atomic E-state index is 12.9. The first kappa shape index (κ1) is 15.2. The van der Waals surface area contributed by atoms with E-state index in [1.807, 2.05) is 21.6 Å². The van der Waals surface area contributed by atoms with Crippen molar-refractivity contribution in [3.63, 3.8) is 0 Å². The van der Waals surface area contributed by atoms with Gasteiger partial charge in [-0.3, -0.25) is 9.59 Å². The molecule has 118 valence electrons. The molecule has 5 heteroatoms. The number of piperidine rings is 1. The highest BCUT2D eigenvalue weighted by Gasteiger charge is 2.48. The number of hydrogen-bond acceptors (Lipinski definition) is 3. The first-order chi connectivity index (χ1) is 10.1. The van der Waals surface area contributed by atoms with Gasteiger partial charge in [-0.1, -0.05) is 13.8 Å². The lowest BCUT2D eigenvalue weighted by atomic mass is 9.90. The maximum atomic E-state index is 12.9. The van der Waals surface area contributed by atoms with Crippen molar-refractivity contribution in [3.05, 3.63) is 0 Å². The summed E-state index contributed by atoms with van der Waals surface area (Å²) in [5.74, 6) is 1.79. The molecule has 0 aromatic carbocycles. The number of rotatable bonds is 3. The Morgan fingerprint density at radius 3 is 2.62 bits per heavy atom. The minimum atomic E-state index is -0.243. The fraction of sp³-hybridized carbons (Fsp3) is 0.875. The zero-order chi connectivity index (χ0) is 15.0. The fourth-order valence-corrected chi connectivity index (χ4v) is 5.21. The average molecular weight is 310 g/mol. The number of carbonyl (C=O) groups is 2. The molecule has 0 radical (unpaired) electrons. The lowest BCUT2D eigenvalue weighted by molar-refractivity contribution is -0.165. The molecule has 3 aliphatic rings. The molecule has 3 unspecified atom stereocenters. The standard InChI is InChI=1S/C16H26N2O2S/c1-11(2)14-16(20)17-8-4-3-7-13(17)15(19)18(14)10-12-6-5-9-21-12/h11-14H,3-10H2,1-2H3. The molecule has 2 amide bonds. The van der Waals surface area contributed by atoms with Gasteiger partial charge < -0.3 is 9.80 Å². The zero-order valence-corrected chi connectivity index (χ0v) is 13.9. The molecule has 0 N–H and O–H groups in total. The summed E-state index contributed by atoms with van der Waals surface area (Å²) in [6.07, 6.45) is 5.39. The van der Waals surface area contributed by atoms with Gasteiger partial charge in [-0.15, -0.1) is 0 Å². The van der Waals surface area contributed by atoms with E-state index in [-0.39, 0.29) is 29.8 Å². The first-order valence-corrected chi connectivity index (χ1v) is 9.37. The number of amides is 2. The Bertz CT molecular complexity index is 421. The summed E-state index contributed by atoms with van der Waals surface area (Å²) >= 11 is 1.96. The van der Waals surface area contributed by atoms with Crippen LogP contribution in [-0.4, -0.2) is 57.8 Å². The van der Waals surface area contributed by atoms with Crippen LogP contribution < -0.4 is 0 Å². The maximum Gasteiger partial charge on any atom is 0.246 e. The zero-order valence-electron chi connectivity index (χ0n) is 13.1. The first-order valence-electron chi connectivity index (χ1n) is 8.32. The van der Waals surface area contributed by atoms with E-state index in [1.165, 1.54) is 18.6 Å². The Morgan fingerprint density at radius 2 is 1.95 bits per heavy atom.